The summed E-state index contributed by atoms with van der Waals surface area (Å²) in [6.07, 6.45) is 3.69. The fraction of sp³-hybridized carbons (Fsp3) is 1.00. The van der Waals surface area contributed by atoms with Gasteiger partial charge < -0.3 is 20.1 Å². The molecular formula is C13H26N2O2. The quantitative estimate of drug-likeness (QED) is 0.804. The highest BCUT2D eigenvalue weighted by atomic mass is 16.7. The summed E-state index contributed by atoms with van der Waals surface area (Å²) in [7, 11) is 0. The zero-order valence-electron chi connectivity index (χ0n) is 11.2. The number of nitrogens with zero attached hydrogens (tertiary/aromatic N) is 1. The SMILES string of the molecule is CCN1CCCC(CC2(C)OCC(CN)O2)C1. The van der Waals surface area contributed by atoms with Crippen molar-refractivity contribution in [1.29, 1.82) is 0 Å². The topological polar surface area (TPSA) is 47.7 Å². The van der Waals surface area contributed by atoms with Crippen LogP contribution in [0.15, 0.2) is 0 Å². The fourth-order valence-electron chi connectivity index (χ4n) is 3.04. The van der Waals surface area contributed by atoms with Gasteiger partial charge in [-0.15, -0.1) is 0 Å². The van der Waals surface area contributed by atoms with Crippen molar-refractivity contribution in [3.05, 3.63) is 0 Å². The normalized spacial score (nSPS) is 39.7. The monoisotopic (exact) mass is 242 g/mol. The van der Waals surface area contributed by atoms with E-state index < -0.39 is 5.79 Å². The predicted molar refractivity (Wildman–Crippen MR) is 67.7 cm³/mol. The van der Waals surface area contributed by atoms with Crippen molar-refractivity contribution in [3.8, 4) is 0 Å². The van der Waals surface area contributed by atoms with Gasteiger partial charge in [0, 0.05) is 19.5 Å². The molecule has 4 nitrogen and oxygen atoms in total. The highest BCUT2D eigenvalue weighted by molar-refractivity contribution is 4.82. The van der Waals surface area contributed by atoms with E-state index in [1.165, 1.54) is 25.9 Å². The molecule has 3 atom stereocenters. The molecular weight excluding hydrogens is 216 g/mol. The van der Waals surface area contributed by atoms with Gasteiger partial charge in [-0.1, -0.05) is 6.92 Å². The van der Waals surface area contributed by atoms with Gasteiger partial charge in [0.1, 0.15) is 0 Å². The standard InChI is InChI=1S/C13H26N2O2/c1-3-15-6-4-5-11(9-15)7-13(2)16-10-12(8-14)17-13/h11-12H,3-10,14H2,1-2H3. The second-order valence-electron chi connectivity index (χ2n) is 5.53. The summed E-state index contributed by atoms with van der Waals surface area (Å²) < 4.78 is 11.7. The first-order valence-electron chi connectivity index (χ1n) is 6.89. The minimum atomic E-state index is -0.397. The summed E-state index contributed by atoms with van der Waals surface area (Å²) in [5.41, 5.74) is 5.62. The Morgan fingerprint density at radius 3 is 2.94 bits per heavy atom. The van der Waals surface area contributed by atoms with E-state index in [4.69, 9.17) is 15.2 Å². The molecule has 0 saturated carbocycles. The number of hydrogen-bond donors (Lipinski definition) is 1. The molecule has 2 saturated heterocycles. The van der Waals surface area contributed by atoms with Crippen LogP contribution in [0.5, 0.6) is 0 Å². The molecule has 2 N–H and O–H groups in total. The molecule has 2 aliphatic heterocycles. The molecule has 100 valence electrons. The van der Waals surface area contributed by atoms with E-state index in [1.807, 2.05) is 0 Å². The number of nitrogens with two attached hydrogens (primary N) is 1. The van der Waals surface area contributed by atoms with Crippen molar-refractivity contribution in [1.82, 2.24) is 4.90 Å². The van der Waals surface area contributed by atoms with Crippen LogP contribution in [0.4, 0.5) is 0 Å². The third-order valence-electron chi connectivity index (χ3n) is 3.96. The maximum absolute atomic E-state index is 5.90. The highest BCUT2D eigenvalue weighted by Crippen LogP contribution is 2.33. The van der Waals surface area contributed by atoms with Crippen LogP contribution in [0.2, 0.25) is 0 Å². The maximum atomic E-state index is 5.90. The minimum Gasteiger partial charge on any atom is -0.347 e. The lowest BCUT2D eigenvalue weighted by molar-refractivity contribution is -0.167. The molecule has 2 aliphatic rings. The zero-order chi connectivity index (χ0) is 12.3. The Morgan fingerprint density at radius 1 is 1.47 bits per heavy atom. The molecule has 4 heteroatoms. The van der Waals surface area contributed by atoms with Crippen LogP contribution in [-0.2, 0) is 9.47 Å². The molecule has 2 fully saturated rings. The average Bonchev–Trinajstić information content (AvgIpc) is 2.71. The first-order chi connectivity index (χ1) is 8.15. The van der Waals surface area contributed by atoms with Crippen molar-refractivity contribution in [2.24, 2.45) is 11.7 Å². The third kappa shape index (κ3) is 3.41. The van der Waals surface area contributed by atoms with Gasteiger partial charge in [-0.25, -0.2) is 0 Å². The molecule has 0 bridgehead atoms. The van der Waals surface area contributed by atoms with Gasteiger partial charge in [0.15, 0.2) is 5.79 Å². The second-order valence-corrected chi connectivity index (χ2v) is 5.53. The van der Waals surface area contributed by atoms with Crippen LogP contribution >= 0.6 is 0 Å². The Hall–Kier alpha value is -0.160. The smallest absolute Gasteiger partial charge is 0.166 e. The first kappa shape index (κ1) is 13.3. The minimum absolute atomic E-state index is 0.0888. The van der Waals surface area contributed by atoms with E-state index in [1.54, 1.807) is 0 Å². The van der Waals surface area contributed by atoms with Crippen LogP contribution in [-0.4, -0.2) is 49.6 Å². The lowest BCUT2D eigenvalue weighted by Crippen LogP contribution is -2.40. The molecule has 0 aliphatic carbocycles. The van der Waals surface area contributed by atoms with Crippen molar-refractivity contribution in [2.45, 2.75) is 45.0 Å². The van der Waals surface area contributed by atoms with E-state index in [0.29, 0.717) is 19.1 Å². The molecule has 0 radical (unpaired) electrons. The third-order valence-corrected chi connectivity index (χ3v) is 3.96. The summed E-state index contributed by atoms with van der Waals surface area (Å²) >= 11 is 0. The molecule has 17 heavy (non-hydrogen) atoms. The number of hydrogen-bond acceptors (Lipinski definition) is 4. The van der Waals surface area contributed by atoms with Gasteiger partial charge in [-0.3, -0.25) is 0 Å². The van der Waals surface area contributed by atoms with Crippen LogP contribution in [0.25, 0.3) is 0 Å². The van der Waals surface area contributed by atoms with Crippen LogP contribution in [0.3, 0.4) is 0 Å². The Labute approximate surface area is 104 Å². The van der Waals surface area contributed by atoms with Crippen LogP contribution in [0.1, 0.15) is 33.1 Å². The maximum Gasteiger partial charge on any atom is 0.166 e. The molecule has 0 aromatic carbocycles. The second kappa shape index (κ2) is 5.65. The van der Waals surface area contributed by atoms with Gasteiger partial charge in [0.05, 0.1) is 12.7 Å². The number of ether oxygens (including phenoxy) is 2. The summed E-state index contributed by atoms with van der Waals surface area (Å²) in [5, 5.41) is 0. The van der Waals surface area contributed by atoms with Crippen molar-refractivity contribution >= 4 is 0 Å². The lowest BCUT2D eigenvalue weighted by atomic mass is 9.91. The largest absolute Gasteiger partial charge is 0.347 e. The highest BCUT2D eigenvalue weighted by Gasteiger charge is 2.39. The first-order valence-corrected chi connectivity index (χ1v) is 6.89. The van der Waals surface area contributed by atoms with E-state index in [-0.39, 0.29) is 6.10 Å². The number of likely N-dealkylation sites (tertiary alicyclic amines) is 1. The van der Waals surface area contributed by atoms with Gasteiger partial charge in [0.2, 0.25) is 0 Å². The molecule has 0 aromatic heterocycles. The number of rotatable bonds is 4. The molecule has 2 heterocycles. The Balaban J connectivity index is 1.83. The summed E-state index contributed by atoms with van der Waals surface area (Å²) in [6, 6.07) is 0. The van der Waals surface area contributed by atoms with Gasteiger partial charge >= 0.3 is 0 Å². The van der Waals surface area contributed by atoms with Crippen molar-refractivity contribution in [2.75, 3.05) is 32.8 Å². The van der Waals surface area contributed by atoms with Crippen molar-refractivity contribution in [3.63, 3.8) is 0 Å². The fourth-order valence-corrected chi connectivity index (χ4v) is 3.04. The predicted octanol–water partition coefficient (Wildman–Crippen LogP) is 1.20. The molecule has 0 amide bonds. The van der Waals surface area contributed by atoms with Crippen LogP contribution < -0.4 is 5.73 Å². The summed E-state index contributed by atoms with van der Waals surface area (Å²) in [6.45, 7) is 9.09. The summed E-state index contributed by atoms with van der Waals surface area (Å²) in [4.78, 5) is 2.52. The van der Waals surface area contributed by atoms with Crippen molar-refractivity contribution < 1.29 is 9.47 Å². The van der Waals surface area contributed by atoms with Gasteiger partial charge in [-0.05, 0) is 38.8 Å². The van der Waals surface area contributed by atoms with E-state index in [2.05, 4.69) is 18.7 Å². The molecule has 3 unspecified atom stereocenters. The van der Waals surface area contributed by atoms with E-state index >= 15 is 0 Å². The zero-order valence-corrected chi connectivity index (χ0v) is 11.2. The van der Waals surface area contributed by atoms with Gasteiger partial charge in [0.25, 0.3) is 0 Å². The summed E-state index contributed by atoms with van der Waals surface area (Å²) in [5.74, 6) is 0.302. The van der Waals surface area contributed by atoms with Gasteiger partial charge in [-0.2, -0.15) is 0 Å². The van der Waals surface area contributed by atoms with E-state index in [9.17, 15) is 0 Å². The Morgan fingerprint density at radius 2 is 2.29 bits per heavy atom. The van der Waals surface area contributed by atoms with Crippen LogP contribution in [0, 0.1) is 5.92 Å². The molecule has 0 spiro atoms. The van der Waals surface area contributed by atoms with E-state index in [0.717, 1.165) is 13.0 Å². The molecule has 2 rings (SSSR count). The molecule has 0 aromatic rings. The Kier molecular flexibility index (Phi) is 4.42. The average molecular weight is 242 g/mol. The Bertz CT molecular complexity index is 250. The lowest BCUT2D eigenvalue weighted by Gasteiger charge is -2.35. The number of piperidine rings is 1.